The van der Waals surface area contributed by atoms with Gasteiger partial charge in [-0.05, 0) is 24.5 Å². The Bertz CT molecular complexity index is 852. The summed E-state index contributed by atoms with van der Waals surface area (Å²) in [5.41, 5.74) is 1.14. The third kappa shape index (κ3) is 5.44. The minimum absolute atomic E-state index is 0.250. The molecule has 6 heteroatoms. The number of nitrogens with zero attached hydrogens (tertiary/aromatic N) is 2. The Labute approximate surface area is 153 Å². The van der Waals surface area contributed by atoms with Crippen molar-refractivity contribution in [2.24, 2.45) is 0 Å². The number of rotatable bonds is 9. The van der Waals surface area contributed by atoms with Crippen molar-refractivity contribution in [2.75, 3.05) is 6.54 Å². The zero-order valence-electron chi connectivity index (χ0n) is 15.5. The van der Waals surface area contributed by atoms with Crippen LogP contribution in [0, 0.1) is 6.92 Å². The summed E-state index contributed by atoms with van der Waals surface area (Å²) in [6, 6.07) is 9.10. The fourth-order valence-electron chi connectivity index (χ4n) is 2.77. The molecule has 0 fully saturated rings. The molecular formula is C20H27N3O3. The first-order chi connectivity index (χ1) is 12.5. The van der Waals surface area contributed by atoms with Gasteiger partial charge >= 0.3 is 5.69 Å². The molecule has 140 valence electrons. The van der Waals surface area contributed by atoms with Crippen molar-refractivity contribution in [3.05, 3.63) is 68.5 Å². The van der Waals surface area contributed by atoms with E-state index in [9.17, 15) is 14.4 Å². The molecule has 0 saturated heterocycles. The zero-order valence-corrected chi connectivity index (χ0v) is 15.5. The number of nitrogens with one attached hydrogen (secondary N) is 1. The van der Waals surface area contributed by atoms with Crippen molar-refractivity contribution in [1.29, 1.82) is 0 Å². The molecule has 1 amide bonds. The SMILES string of the molecule is CCCCCCNC(=O)Cn1c(=O)ccn(Cc2ccccc2C)c1=O. The van der Waals surface area contributed by atoms with Crippen molar-refractivity contribution in [2.45, 2.75) is 52.6 Å². The number of hydrogen-bond donors (Lipinski definition) is 1. The van der Waals surface area contributed by atoms with Crippen molar-refractivity contribution in [3.8, 4) is 0 Å². The van der Waals surface area contributed by atoms with Crippen LogP contribution in [0.4, 0.5) is 0 Å². The quantitative estimate of drug-likeness (QED) is 0.698. The van der Waals surface area contributed by atoms with Crippen LogP contribution in [-0.2, 0) is 17.9 Å². The highest BCUT2D eigenvalue weighted by molar-refractivity contribution is 5.75. The Hall–Kier alpha value is -2.63. The molecule has 1 heterocycles. The number of carbonyl (C=O) groups is 1. The minimum Gasteiger partial charge on any atom is -0.355 e. The van der Waals surface area contributed by atoms with Gasteiger partial charge < -0.3 is 5.32 Å². The standard InChI is InChI=1S/C20H27N3O3/c1-3-4-5-8-12-21-18(24)15-23-19(25)11-13-22(20(23)26)14-17-10-7-6-9-16(17)2/h6-7,9-11,13H,3-5,8,12,14-15H2,1-2H3,(H,21,24). The summed E-state index contributed by atoms with van der Waals surface area (Å²) >= 11 is 0. The van der Waals surface area contributed by atoms with Gasteiger partial charge in [0.25, 0.3) is 5.56 Å². The van der Waals surface area contributed by atoms with Crippen LogP contribution >= 0.6 is 0 Å². The number of hydrogen-bond acceptors (Lipinski definition) is 3. The molecule has 1 N–H and O–H groups in total. The summed E-state index contributed by atoms with van der Waals surface area (Å²) in [5.74, 6) is -0.311. The number of amides is 1. The second kappa shape index (κ2) is 9.75. The number of aromatic nitrogens is 2. The molecule has 0 aliphatic rings. The van der Waals surface area contributed by atoms with Crippen LogP contribution < -0.4 is 16.6 Å². The van der Waals surface area contributed by atoms with Crippen LogP contribution in [0.1, 0.15) is 43.7 Å². The van der Waals surface area contributed by atoms with E-state index in [1.165, 1.54) is 16.8 Å². The Kier molecular flexibility index (Phi) is 7.38. The molecule has 1 aromatic carbocycles. The van der Waals surface area contributed by atoms with Crippen LogP contribution in [0.2, 0.25) is 0 Å². The fraction of sp³-hybridized carbons (Fsp3) is 0.450. The fourth-order valence-corrected chi connectivity index (χ4v) is 2.77. The van der Waals surface area contributed by atoms with Gasteiger partial charge in [-0.2, -0.15) is 0 Å². The summed E-state index contributed by atoms with van der Waals surface area (Å²) < 4.78 is 2.44. The number of carbonyl (C=O) groups excluding carboxylic acids is 1. The Morgan fingerprint density at radius 2 is 1.85 bits per heavy atom. The highest BCUT2D eigenvalue weighted by Crippen LogP contribution is 2.07. The maximum absolute atomic E-state index is 12.6. The van der Waals surface area contributed by atoms with Crippen LogP contribution in [-0.4, -0.2) is 21.6 Å². The van der Waals surface area contributed by atoms with Gasteiger partial charge in [-0.3, -0.25) is 18.7 Å². The zero-order chi connectivity index (χ0) is 18.9. The monoisotopic (exact) mass is 357 g/mol. The molecule has 0 radical (unpaired) electrons. The smallest absolute Gasteiger partial charge is 0.331 e. The first kappa shape index (κ1) is 19.7. The molecular weight excluding hydrogens is 330 g/mol. The van der Waals surface area contributed by atoms with Gasteiger partial charge in [-0.15, -0.1) is 0 Å². The molecule has 0 unspecified atom stereocenters. The largest absolute Gasteiger partial charge is 0.355 e. The van der Waals surface area contributed by atoms with E-state index in [2.05, 4.69) is 12.2 Å². The molecule has 26 heavy (non-hydrogen) atoms. The lowest BCUT2D eigenvalue weighted by Crippen LogP contribution is -2.43. The van der Waals surface area contributed by atoms with E-state index in [-0.39, 0.29) is 12.5 Å². The molecule has 6 nitrogen and oxygen atoms in total. The van der Waals surface area contributed by atoms with E-state index in [0.717, 1.165) is 41.4 Å². The Morgan fingerprint density at radius 1 is 1.08 bits per heavy atom. The van der Waals surface area contributed by atoms with Crippen LogP contribution in [0.15, 0.2) is 46.1 Å². The van der Waals surface area contributed by atoms with Gasteiger partial charge in [0, 0.05) is 18.8 Å². The normalized spacial score (nSPS) is 10.7. The van der Waals surface area contributed by atoms with E-state index in [1.807, 2.05) is 31.2 Å². The lowest BCUT2D eigenvalue weighted by atomic mass is 10.1. The third-order valence-corrected chi connectivity index (χ3v) is 4.40. The highest BCUT2D eigenvalue weighted by atomic mass is 16.2. The Morgan fingerprint density at radius 3 is 2.58 bits per heavy atom. The molecule has 2 aromatic rings. The van der Waals surface area contributed by atoms with E-state index in [4.69, 9.17) is 0 Å². The maximum Gasteiger partial charge on any atom is 0.331 e. The maximum atomic E-state index is 12.6. The number of unbranched alkanes of at least 4 members (excludes halogenated alkanes) is 3. The molecule has 0 atom stereocenters. The molecule has 0 aliphatic carbocycles. The van der Waals surface area contributed by atoms with Crippen molar-refractivity contribution in [1.82, 2.24) is 14.5 Å². The average molecular weight is 357 g/mol. The summed E-state index contributed by atoms with van der Waals surface area (Å²) in [6.07, 6.45) is 5.72. The second-order valence-corrected chi connectivity index (χ2v) is 6.49. The highest BCUT2D eigenvalue weighted by Gasteiger charge is 2.10. The second-order valence-electron chi connectivity index (χ2n) is 6.49. The minimum atomic E-state index is -0.470. The molecule has 1 aromatic heterocycles. The summed E-state index contributed by atoms with van der Waals surface area (Å²) in [6.45, 7) is 4.78. The van der Waals surface area contributed by atoms with Gasteiger partial charge in [-0.1, -0.05) is 50.5 Å². The van der Waals surface area contributed by atoms with Crippen LogP contribution in [0.25, 0.3) is 0 Å². The van der Waals surface area contributed by atoms with E-state index >= 15 is 0 Å². The first-order valence-electron chi connectivity index (χ1n) is 9.14. The molecule has 0 spiro atoms. The van der Waals surface area contributed by atoms with Gasteiger partial charge in [0.05, 0.1) is 6.54 Å². The third-order valence-electron chi connectivity index (χ3n) is 4.40. The van der Waals surface area contributed by atoms with Crippen molar-refractivity contribution >= 4 is 5.91 Å². The molecule has 0 aliphatic heterocycles. The summed E-state index contributed by atoms with van der Waals surface area (Å²) in [4.78, 5) is 36.7. The van der Waals surface area contributed by atoms with Gasteiger partial charge in [0.1, 0.15) is 6.54 Å². The van der Waals surface area contributed by atoms with Gasteiger partial charge in [-0.25, -0.2) is 4.79 Å². The average Bonchev–Trinajstić information content (AvgIpc) is 2.62. The number of aryl methyl sites for hydroxylation is 1. The lowest BCUT2D eigenvalue weighted by Gasteiger charge is -2.11. The van der Waals surface area contributed by atoms with E-state index in [1.54, 1.807) is 0 Å². The van der Waals surface area contributed by atoms with Crippen molar-refractivity contribution < 1.29 is 4.79 Å². The van der Waals surface area contributed by atoms with Crippen LogP contribution in [0.5, 0.6) is 0 Å². The van der Waals surface area contributed by atoms with E-state index < -0.39 is 11.2 Å². The first-order valence-corrected chi connectivity index (χ1v) is 9.14. The topological polar surface area (TPSA) is 73.1 Å². The summed E-state index contributed by atoms with van der Waals surface area (Å²) in [7, 11) is 0. The van der Waals surface area contributed by atoms with Gasteiger partial charge in [0.15, 0.2) is 0 Å². The van der Waals surface area contributed by atoms with Crippen molar-refractivity contribution in [3.63, 3.8) is 0 Å². The Balaban J connectivity index is 2.07. The predicted octanol–water partition coefficient (Wildman–Crippen LogP) is 2.06. The summed E-state index contributed by atoms with van der Waals surface area (Å²) in [5, 5.41) is 2.78. The predicted molar refractivity (Wildman–Crippen MR) is 102 cm³/mol. The molecule has 0 saturated carbocycles. The molecule has 0 bridgehead atoms. The molecule has 2 rings (SSSR count). The lowest BCUT2D eigenvalue weighted by molar-refractivity contribution is -0.121. The van der Waals surface area contributed by atoms with Crippen LogP contribution in [0.3, 0.4) is 0 Å². The van der Waals surface area contributed by atoms with Gasteiger partial charge in [0.2, 0.25) is 5.91 Å². The van der Waals surface area contributed by atoms with E-state index in [0.29, 0.717) is 13.1 Å². The number of benzene rings is 1.